The first-order valence-corrected chi connectivity index (χ1v) is 17.5. The van der Waals surface area contributed by atoms with E-state index in [0.29, 0.717) is 24.5 Å². The van der Waals surface area contributed by atoms with E-state index in [-0.39, 0.29) is 42.3 Å². The number of nitrogens with zero attached hydrogens (tertiary/aromatic N) is 3. The predicted octanol–water partition coefficient (Wildman–Crippen LogP) is 6.95. The van der Waals surface area contributed by atoms with Crippen molar-refractivity contribution in [1.82, 2.24) is 20.2 Å². The van der Waals surface area contributed by atoms with Crippen LogP contribution in [0.3, 0.4) is 0 Å². The van der Waals surface area contributed by atoms with Crippen molar-refractivity contribution in [1.29, 1.82) is 0 Å². The summed E-state index contributed by atoms with van der Waals surface area (Å²) in [7, 11) is 0. The molecule has 1 aliphatic carbocycles. The van der Waals surface area contributed by atoms with Gasteiger partial charge in [0.15, 0.2) is 0 Å². The largest absolute Gasteiger partial charge is 0.390 e. The van der Waals surface area contributed by atoms with E-state index in [1.165, 1.54) is 29.7 Å². The maximum absolute atomic E-state index is 14.2. The van der Waals surface area contributed by atoms with Gasteiger partial charge in [-0.25, -0.2) is 13.8 Å². The van der Waals surface area contributed by atoms with Crippen molar-refractivity contribution in [2.45, 2.75) is 109 Å². The number of benzene rings is 2. The molecule has 2 atom stereocenters. The van der Waals surface area contributed by atoms with Crippen LogP contribution in [-0.4, -0.2) is 64.2 Å². The molecule has 1 aromatic heterocycles. The smallest absolute Gasteiger partial charge is 0.241 e. The van der Waals surface area contributed by atoms with Crippen LogP contribution in [0.4, 0.5) is 20.5 Å². The van der Waals surface area contributed by atoms with Crippen LogP contribution in [-0.2, 0) is 22.2 Å². The summed E-state index contributed by atoms with van der Waals surface area (Å²) < 4.78 is 28.4. The Morgan fingerprint density at radius 1 is 1.00 bits per heavy atom. The second kappa shape index (κ2) is 17.2. The van der Waals surface area contributed by atoms with Gasteiger partial charge in [0.1, 0.15) is 17.5 Å². The number of aromatic nitrogens is 2. The van der Waals surface area contributed by atoms with E-state index in [4.69, 9.17) is 0 Å². The van der Waals surface area contributed by atoms with Crippen LogP contribution in [0.25, 0.3) is 0 Å². The lowest BCUT2D eigenvalue weighted by Crippen LogP contribution is -2.51. The Morgan fingerprint density at radius 2 is 1.69 bits per heavy atom. The molecule has 2 unspecified atom stereocenters. The highest BCUT2D eigenvalue weighted by Crippen LogP contribution is 2.38. The van der Waals surface area contributed by atoms with Crippen LogP contribution in [0.1, 0.15) is 96.3 Å². The van der Waals surface area contributed by atoms with Gasteiger partial charge in [0, 0.05) is 37.4 Å². The van der Waals surface area contributed by atoms with Crippen LogP contribution in [0, 0.1) is 11.6 Å². The third-order valence-electron chi connectivity index (χ3n) is 9.21. The number of rotatable bonds is 16. The van der Waals surface area contributed by atoms with E-state index in [9.17, 15) is 18.7 Å². The van der Waals surface area contributed by atoms with Gasteiger partial charge in [-0.15, -0.1) is 0 Å². The minimum atomic E-state index is -0.939. The maximum atomic E-state index is 14.2. The minimum Gasteiger partial charge on any atom is -0.390 e. The van der Waals surface area contributed by atoms with Gasteiger partial charge in [-0.3, -0.25) is 4.79 Å². The quantitative estimate of drug-likeness (QED) is 0.132. The number of amides is 1. The first kappa shape index (κ1) is 37.2. The van der Waals surface area contributed by atoms with Crippen molar-refractivity contribution in [2.24, 2.45) is 0 Å². The van der Waals surface area contributed by atoms with E-state index in [1.807, 2.05) is 18.7 Å². The van der Waals surface area contributed by atoms with Gasteiger partial charge in [0.05, 0.1) is 18.7 Å². The van der Waals surface area contributed by atoms with Crippen LogP contribution in [0.15, 0.2) is 54.7 Å². The Kier molecular flexibility index (Phi) is 13.3. The number of nitrogens with one attached hydrogen (secondary N) is 3. The molecule has 3 aromatic rings. The van der Waals surface area contributed by atoms with Crippen molar-refractivity contribution < 1.29 is 18.7 Å². The monoisotopic (exact) mass is 664 g/mol. The van der Waals surface area contributed by atoms with Crippen LogP contribution in [0.5, 0.6) is 0 Å². The molecule has 8 nitrogen and oxygen atoms in total. The number of hydrogen-bond acceptors (Lipinski definition) is 7. The number of carbonyl (C=O) groups is 1. The maximum Gasteiger partial charge on any atom is 0.241 e. The fourth-order valence-electron chi connectivity index (χ4n) is 6.60. The number of anilines is 2. The summed E-state index contributed by atoms with van der Waals surface area (Å²) in [5.74, 6) is -0.684. The molecule has 4 rings (SSSR count). The summed E-state index contributed by atoms with van der Waals surface area (Å²) in [4.78, 5) is 23.5. The summed E-state index contributed by atoms with van der Waals surface area (Å²) in [6, 6.07) is 13.2. The number of carbonyl (C=O) groups excluding carboxylic acids is 1. The molecular weight excluding hydrogens is 610 g/mol. The zero-order valence-corrected chi connectivity index (χ0v) is 29.3. The van der Waals surface area contributed by atoms with Gasteiger partial charge in [-0.05, 0) is 72.4 Å². The molecule has 1 fully saturated rings. The van der Waals surface area contributed by atoms with E-state index in [2.05, 4.69) is 71.0 Å². The van der Waals surface area contributed by atoms with E-state index in [1.54, 1.807) is 12.3 Å². The summed E-state index contributed by atoms with van der Waals surface area (Å²) >= 11 is 0. The van der Waals surface area contributed by atoms with Crippen molar-refractivity contribution in [3.05, 3.63) is 83.1 Å². The average molecular weight is 665 g/mol. The SMILES string of the molecule is CCCN(CCC)C(=O)CNc1nccc(NC(Cc2cc(F)cc(F)c2)C(O)CNC2(c3cccc(C(C)(C)C)c3)CCCCC2)n1. The summed E-state index contributed by atoms with van der Waals surface area (Å²) in [5, 5.41) is 21.8. The highest BCUT2D eigenvalue weighted by molar-refractivity contribution is 5.80. The number of aliphatic hydroxyl groups excluding tert-OH is 1. The molecule has 0 bridgehead atoms. The number of halogens is 2. The molecule has 1 saturated carbocycles. The van der Waals surface area contributed by atoms with Gasteiger partial charge >= 0.3 is 0 Å². The molecule has 0 aliphatic heterocycles. The second-order valence-corrected chi connectivity index (χ2v) is 14.2. The molecular formula is C38H54F2N6O2. The van der Waals surface area contributed by atoms with Gasteiger partial charge in [-0.2, -0.15) is 4.98 Å². The average Bonchev–Trinajstić information content (AvgIpc) is 3.05. The molecule has 262 valence electrons. The summed E-state index contributed by atoms with van der Waals surface area (Å²) in [5.41, 5.74) is 2.61. The highest BCUT2D eigenvalue weighted by Gasteiger charge is 2.35. The number of aliphatic hydroxyl groups is 1. The molecule has 2 aromatic carbocycles. The van der Waals surface area contributed by atoms with Gasteiger partial charge in [0.25, 0.3) is 0 Å². The minimum absolute atomic E-state index is 0.00354. The highest BCUT2D eigenvalue weighted by atomic mass is 19.1. The predicted molar refractivity (Wildman–Crippen MR) is 189 cm³/mol. The van der Waals surface area contributed by atoms with Crippen molar-refractivity contribution >= 4 is 17.7 Å². The number of hydrogen-bond donors (Lipinski definition) is 4. The zero-order valence-electron chi connectivity index (χ0n) is 29.3. The fraction of sp³-hybridized carbons (Fsp3) is 0.553. The third kappa shape index (κ3) is 10.4. The van der Waals surface area contributed by atoms with Crippen LogP contribution >= 0.6 is 0 Å². The van der Waals surface area contributed by atoms with E-state index >= 15 is 0 Å². The fourth-order valence-corrected chi connectivity index (χ4v) is 6.60. The molecule has 4 N–H and O–H groups in total. The first-order valence-electron chi connectivity index (χ1n) is 17.5. The topological polar surface area (TPSA) is 102 Å². The lowest BCUT2D eigenvalue weighted by Gasteiger charge is -2.41. The molecule has 0 saturated heterocycles. The van der Waals surface area contributed by atoms with E-state index in [0.717, 1.165) is 44.6 Å². The Hall–Kier alpha value is -3.63. The molecule has 48 heavy (non-hydrogen) atoms. The standard InChI is InChI=1S/C38H54F2N6O2/c1-6-18-46(19-7-2)35(48)26-42-36-41-17-14-34(45-36)44-32(22-27-20-30(39)24-31(40)21-27)33(47)25-43-38(15-9-8-10-16-38)29-13-11-12-28(23-29)37(3,4)5/h11-14,17,20-21,23-24,32-33,43,47H,6-10,15-16,18-19,22,25-26H2,1-5H3,(H2,41,42,44,45). The Labute approximate surface area is 285 Å². The van der Waals surface area contributed by atoms with Gasteiger partial charge in [-0.1, -0.05) is 78.1 Å². The Morgan fingerprint density at radius 3 is 2.33 bits per heavy atom. The van der Waals surface area contributed by atoms with E-state index < -0.39 is 23.8 Å². The van der Waals surface area contributed by atoms with Crippen LogP contribution < -0.4 is 16.0 Å². The summed E-state index contributed by atoms with van der Waals surface area (Å²) in [6.45, 7) is 12.4. The molecule has 0 spiro atoms. The van der Waals surface area contributed by atoms with Gasteiger partial charge < -0.3 is 26.0 Å². The Balaban J connectivity index is 1.54. The lowest BCUT2D eigenvalue weighted by atomic mass is 9.74. The first-order chi connectivity index (χ1) is 22.9. The van der Waals surface area contributed by atoms with Crippen LogP contribution in [0.2, 0.25) is 0 Å². The lowest BCUT2D eigenvalue weighted by molar-refractivity contribution is -0.129. The summed E-state index contributed by atoms with van der Waals surface area (Å²) in [6.07, 6.45) is 7.78. The van der Waals surface area contributed by atoms with Crippen molar-refractivity contribution in [2.75, 3.05) is 36.8 Å². The third-order valence-corrected chi connectivity index (χ3v) is 9.21. The Bertz CT molecular complexity index is 1450. The molecule has 1 heterocycles. The van der Waals surface area contributed by atoms with Crippen molar-refractivity contribution in [3.63, 3.8) is 0 Å². The molecule has 1 aliphatic rings. The molecule has 0 radical (unpaired) electrons. The molecule has 1 amide bonds. The van der Waals surface area contributed by atoms with Crippen molar-refractivity contribution in [3.8, 4) is 0 Å². The normalized spacial score (nSPS) is 15.8. The zero-order chi connectivity index (χ0) is 34.7. The molecule has 10 heteroatoms. The van der Waals surface area contributed by atoms with Gasteiger partial charge in [0.2, 0.25) is 11.9 Å². The second-order valence-electron chi connectivity index (χ2n) is 14.2.